The third-order valence-electron chi connectivity index (χ3n) is 3.32. The van der Waals surface area contributed by atoms with Crippen molar-refractivity contribution in [1.82, 2.24) is 25.0 Å². The van der Waals surface area contributed by atoms with E-state index in [2.05, 4.69) is 20.3 Å². The monoisotopic (exact) mass is 284 g/mol. The largest absolute Gasteiger partial charge is 0.323 e. The molecule has 1 aromatic carbocycles. The minimum atomic E-state index is -0.176. The van der Waals surface area contributed by atoms with E-state index in [1.165, 1.54) is 0 Å². The SMILES string of the molecule is Cc1cccc2c(=O)[nH]c(Cn3cc(C(C)N)nn3)nc12. The molecule has 3 rings (SSSR count). The van der Waals surface area contributed by atoms with Crippen LogP contribution >= 0.6 is 0 Å². The molecule has 0 aliphatic heterocycles. The van der Waals surface area contributed by atoms with Gasteiger partial charge in [0.15, 0.2) is 0 Å². The summed E-state index contributed by atoms with van der Waals surface area (Å²) in [7, 11) is 0. The van der Waals surface area contributed by atoms with Gasteiger partial charge in [-0.15, -0.1) is 5.10 Å². The van der Waals surface area contributed by atoms with Crippen LogP contribution < -0.4 is 11.3 Å². The van der Waals surface area contributed by atoms with Crippen LogP contribution in [0, 0.1) is 6.92 Å². The van der Waals surface area contributed by atoms with Crippen molar-refractivity contribution in [3.05, 3.63) is 51.8 Å². The van der Waals surface area contributed by atoms with Crippen LogP contribution in [0.5, 0.6) is 0 Å². The van der Waals surface area contributed by atoms with Gasteiger partial charge in [-0.2, -0.15) is 0 Å². The fourth-order valence-corrected chi connectivity index (χ4v) is 2.18. The normalized spacial score (nSPS) is 12.7. The predicted molar refractivity (Wildman–Crippen MR) is 78.8 cm³/mol. The summed E-state index contributed by atoms with van der Waals surface area (Å²) in [5, 5.41) is 8.56. The Morgan fingerprint density at radius 2 is 2.24 bits per heavy atom. The highest BCUT2D eigenvalue weighted by Gasteiger charge is 2.09. The first-order valence-electron chi connectivity index (χ1n) is 6.68. The molecule has 7 nitrogen and oxygen atoms in total. The van der Waals surface area contributed by atoms with Crippen LogP contribution in [0.25, 0.3) is 10.9 Å². The second kappa shape index (κ2) is 5.10. The van der Waals surface area contributed by atoms with Crippen LogP contribution in [0.4, 0.5) is 0 Å². The van der Waals surface area contributed by atoms with Gasteiger partial charge in [-0.25, -0.2) is 9.67 Å². The van der Waals surface area contributed by atoms with Gasteiger partial charge in [0.25, 0.3) is 5.56 Å². The number of nitrogens with two attached hydrogens (primary N) is 1. The minimum absolute atomic E-state index is 0.147. The van der Waals surface area contributed by atoms with Crippen molar-refractivity contribution in [2.75, 3.05) is 0 Å². The molecular formula is C14H16N6O. The Labute approximate surface area is 120 Å². The number of aromatic amines is 1. The fourth-order valence-electron chi connectivity index (χ4n) is 2.18. The predicted octanol–water partition coefficient (Wildman–Crippen LogP) is 0.891. The van der Waals surface area contributed by atoms with Crippen LogP contribution in [0.2, 0.25) is 0 Å². The summed E-state index contributed by atoms with van der Waals surface area (Å²) in [5.41, 5.74) is 7.98. The summed E-state index contributed by atoms with van der Waals surface area (Å²) >= 11 is 0. The molecule has 0 bridgehead atoms. The maximum absolute atomic E-state index is 12.1. The van der Waals surface area contributed by atoms with E-state index in [-0.39, 0.29) is 11.6 Å². The maximum atomic E-state index is 12.1. The van der Waals surface area contributed by atoms with Crippen molar-refractivity contribution in [2.24, 2.45) is 5.73 Å². The maximum Gasteiger partial charge on any atom is 0.258 e. The molecule has 2 heterocycles. The topological polar surface area (TPSA) is 102 Å². The van der Waals surface area contributed by atoms with Crippen LogP contribution in [-0.2, 0) is 6.54 Å². The average molecular weight is 284 g/mol. The van der Waals surface area contributed by atoms with Crippen LogP contribution in [0.1, 0.15) is 30.0 Å². The highest BCUT2D eigenvalue weighted by molar-refractivity contribution is 5.80. The molecule has 0 aliphatic carbocycles. The lowest BCUT2D eigenvalue weighted by molar-refractivity contribution is 0.624. The standard InChI is InChI=1S/C14H16N6O/c1-8-4-3-5-10-13(8)16-12(17-14(10)21)7-20-6-11(9(2)15)18-19-20/h3-6,9H,7,15H2,1-2H3,(H,16,17,21). The summed E-state index contributed by atoms with van der Waals surface area (Å²) in [6.07, 6.45) is 1.76. The lowest BCUT2D eigenvalue weighted by Gasteiger charge is -2.04. The van der Waals surface area contributed by atoms with Crippen molar-refractivity contribution >= 4 is 10.9 Å². The Morgan fingerprint density at radius 1 is 1.43 bits per heavy atom. The first kappa shape index (κ1) is 13.4. The Kier molecular flexibility index (Phi) is 3.26. The third-order valence-corrected chi connectivity index (χ3v) is 3.32. The van der Waals surface area contributed by atoms with Gasteiger partial charge in [0.05, 0.1) is 22.8 Å². The Bertz CT molecular complexity index is 848. The van der Waals surface area contributed by atoms with Gasteiger partial charge < -0.3 is 10.7 Å². The number of H-pyrrole nitrogens is 1. The molecule has 0 spiro atoms. The van der Waals surface area contributed by atoms with Gasteiger partial charge in [-0.1, -0.05) is 17.3 Å². The van der Waals surface area contributed by atoms with Gasteiger partial charge in [0, 0.05) is 6.04 Å². The molecule has 1 atom stereocenters. The zero-order valence-electron chi connectivity index (χ0n) is 11.9. The summed E-state index contributed by atoms with van der Waals surface area (Å²) < 4.78 is 1.61. The van der Waals surface area contributed by atoms with Crippen LogP contribution in [0.3, 0.4) is 0 Å². The molecule has 3 N–H and O–H groups in total. The van der Waals surface area contributed by atoms with Crippen LogP contribution in [-0.4, -0.2) is 25.0 Å². The number of aromatic nitrogens is 5. The summed E-state index contributed by atoms with van der Waals surface area (Å²) in [6, 6.07) is 5.37. The molecule has 21 heavy (non-hydrogen) atoms. The van der Waals surface area contributed by atoms with Gasteiger partial charge in [-0.3, -0.25) is 4.79 Å². The number of benzene rings is 1. The van der Waals surface area contributed by atoms with E-state index in [1.807, 2.05) is 26.0 Å². The third kappa shape index (κ3) is 2.55. The zero-order valence-corrected chi connectivity index (χ0v) is 11.9. The van der Waals surface area contributed by atoms with E-state index < -0.39 is 0 Å². The first-order chi connectivity index (χ1) is 10.0. The number of hydrogen-bond donors (Lipinski definition) is 2. The second-order valence-electron chi connectivity index (χ2n) is 5.11. The van der Waals surface area contributed by atoms with Crippen molar-refractivity contribution in [3.63, 3.8) is 0 Å². The molecule has 7 heteroatoms. The van der Waals surface area contributed by atoms with E-state index in [1.54, 1.807) is 16.9 Å². The van der Waals surface area contributed by atoms with E-state index >= 15 is 0 Å². The van der Waals surface area contributed by atoms with Crippen LogP contribution in [0.15, 0.2) is 29.2 Å². The van der Waals surface area contributed by atoms with Crippen molar-refractivity contribution in [1.29, 1.82) is 0 Å². The molecule has 0 radical (unpaired) electrons. The van der Waals surface area contributed by atoms with Gasteiger partial charge >= 0.3 is 0 Å². The lowest BCUT2D eigenvalue weighted by atomic mass is 10.1. The Hall–Kier alpha value is -2.54. The van der Waals surface area contributed by atoms with Crippen molar-refractivity contribution < 1.29 is 0 Å². The first-order valence-corrected chi connectivity index (χ1v) is 6.68. The van der Waals surface area contributed by atoms with Gasteiger partial charge in [-0.05, 0) is 25.5 Å². The van der Waals surface area contributed by atoms with Gasteiger partial charge in [0.1, 0.15) is 12.4 Å². The fraction of sp³-hybridized carbons (Fsp3) is 0.286. The number of rotatable bonds is 3. The second-order valence-corrected chi connectivity index (χ2v) is 5.11. The molecule has 0 saturated heterocycles. The Morgan fingerprint density at radius 3 is 2.95 bits per heavy atom. The highest BCUT2D eigenvalue weighted by Crippen LogP contribution is 2.12. The molecule has 0 amide bonds. The lowest BCUT2D eigenvalue weighted by Crippen LogP contribution is -2.15. The van der Waals surface area contributed by atoms with E-state index in [4.69, 9.17) is 5.73 Å². The average Bonchev–Trinajstić information content (AvgIpc) is 2.89. The Balaban J connectivity index is 2.00. The van der Waals surface area contributed by atoms with Crippen molar-refractivity contribution in [3.8, 4) is 0 Å². The van der Waals surface area contributed by atoms with Gasteiger partial charge in [0.2, 0.25) is 0 Å². The summed E-state index contributed by atoms with van der Waals surface area (Å²) in [4.78, 5) is 19.4. The molecule has 0 aliphatic rings. The molecule has 0 saturated carbocycles. The number of hydrogen-bond acceptors (Lipinski definition) is 5. The van der Waals surface area contributed by atoms with E-state index in [0.717, 1.165) is 5.56 Å². The molecule has 3 aromatic rings. The number of para-hydroxylation sites is 1. The summed E-state index contributed by atoms with van der Waals surface area (Å²) in [6.45, 7) is 4.12. The smallest absolute Gasteiger partial charge is 0.258 e. The zero-order chi connectivity index (χ0) is 15.0. The van der Waals surface area contributed by atoms with E-state index in [0.29, 0.717) is 29.0 Å². The molecule has 0 fully saturated rings. The van der Waals surface area contributed by atoms with E-state index in [9.17, 15) is 4.79 Å². The highest BCUT2D eigenvalue weighted by atomic mass is 16.1. The number of fused-ring (bicyclic) bond motifs is 1. The summed E-state index contributed by atoms with van der Waals surface area (Å²) in [5.74, 6) is 0.544. The minimum Gasteiger partial charge on any atom is -0.323 e. The number of nitrogens with one attached hydrogen (secondary N) is 1. The molecule has 2 aromatic heterocycles. The number of aryl methyl sites for hydroxylation is 1. The van der Waals surface area contributed by atoms with Crippen molar-refractivity contribution in [2.45, 2.75) is 26.4 Å². The molecular weight excluding hydrogens is 268 g/mol. The quantitative estimate of drug-likeness (QED) is 0.743. The number of nitrogens with zero attached hydrogens (tertiary/aromatic N) is 4. The molecule has 108 valence electrons. The molecule has 1 unspecified atom stereocenters.